The smallest absolute Gasteiger partial charge is 0.0113 e. The van der Waals surface area contributed by atoms with E-state index in [2.05, 4.69) is 58.7 Å². The van der Waals surface area contributed by atoms with Crippen LogP contribution in [0.2, 0.25) is 0 Å². The normalized spacial score (nSPS) is 30.6. The predicted octanol–water partition coefficient (Wildman–Crippen LogP) is 4.40. The van der Waals surface area contributed by atoms with Gasteiger partial charge in [0, 0.05) is 25.2 Å². The second kappa shape index (κ2) is 9.15. The fraction of sp³-hybridized carbons (Fsp3) is 1.00. The summed E-state index contributed by atoms with van der Waals surface area (Å²) in [5, 5.41) is 3.85. The van der Waals surface area contributed by atoms with Crippen molar-refractivity contribution < 1.29 is 0 Å². The van der Waals surface area contributed by atoms with Gasteiger partial charge in [0.05, 0.1) is 0 Å². The maximum atomic E-state index is 3.85. The summed E-state index contributed by atoms with van der Waals surface area (Å²) in [4.78, 5) is 2.71. The van der Waals surface area contributed by atoms with Crippen LogP contribution in [0, 0.1) is 23.7 Å². The van der Waals surface area contributed by atoms with Crippen LogP contribution in [0.15, 0.2) is 0 Å². The number of nitrogens with zero attached hydrogens (tertiary/aromatic N) is 1. The van der Waals surface area contributed by atoms with Crippen LogP contribution in [0.5, 0.6) is 0 Å². The second-order valence-corrected chi connectivity index (χ2v) is 8.22. The summed E-state index contributed by atoms with van der Waals surface area (Å²) in [6, 6.07) is 1.38. The van der Waals surface area contributed by atoms with Crippen molar-refractivity contribution in [1.29, 1.82) is 0 Å². The van der Waals surface area contributed by atoms with Gasteiger partial charge in [-0.3, -0.25) is 0 Å². The lowest BCUT2D eigenvalue weighted by Crippen LogP contribution is -2.50. The Bertz CT molecular complexity index is 275. The molecule has 1 aliphatic rings. The molecule has 2 nitrogen and oxygen atoms in total. The first kappa shape index (κ1) is 19.0. The van der Waals surface area contributed by atoms with Gasteiger partial charge in [-0.25, -0.2) is 0 Å². The zero-order chi connectivity index (χ0) is 16.0. The average Bonchev–Trinajstić information content (AvgIpc) is 2.37. The van der Waals surface area contributed by atoms with E-state index in [1.165, 1.54) is 38.9 Å². The van der Waals surface area contributed by atoms with Crippen LogP contribution in [0.4, 0.5) is 0 Å². The van der Waals surface area contributed by atoms with Gasteiger partial charge in [0.15, 0.2) is 0 Å². The lowest BCUT2D eigenvalue weighted by Gasteiger charge is -2.43. The van der Waals surface area contributed by atoms with Crippen LogP contribution in [-0.2, 0) is 0 Å². The van der Waals surface area contributed by atoms with Gasteiger partial charge >= 0.3 is 0 Å². The van der Waals surface area contributed by atoms with Gasteiger partial charge in [-0.15, -0.1) is 0 Å². The Labute approximate surface area is 134 Å². The highest BCUT2D eigenvalue weighted by molar-refractivity contribution is 4.90. The van der Waals surface area contributed by atoms with Gasteiger partial charge in [-0.1, -0.05) is 34.6 Å². The topological polar surface area (TPSA) is 15.3 Å². The van der Waals surface area contributed by atoms with Gasteiger partial charge in [0.1, 0.15) is 0 Å². The zero-order valence-corrected chi connectivity index (χ0v) is 15.7. The minimum absolute atomic E-state index is 0.658. The maximum absolute atomic E-state index is 3.85. The van der Waals surface area contributed by atoms with E-state index in [1.807, 2.05) is 0 Å². The molecule has 0 amide bonds. The van der Waals surface area contributed by atoms with E-state index < -0.39 is 0 Å². The van der Waals surface area contributed by atoms with E-state index in [0.29, 0.717) is 6.04 Å². The van der Waals surface area contributed by atoms with Gasteiger partial charge in [-0.2, -0.15) is 0 Å². The Morgan fingerprint density at radius 2 is 1.76 bits per heavy atom. The van der Waals surface area contributed by atoms with E-state index in [9.17, 15) is 0 Å². The van der Waals surface area contributed by atoms with Crippen molar-refractivity contribution in [2.75, 3.05) is 19.6 Å². The van der Waals surface area contributed by atoms with Crippen LogP contribution in [0.1, 0.15) is 67.7 Å². The molecule has 2 heteroatoms. The molecule has 0 spiro atoms. The van der Waals surface area contributed by atoms with Crippen LogP contribution >= 0.6 is 0 Å². The Morgan fingerprint density at radius 3 is 2.29 bits per heavy atom. The molecule has 0 bridgehead atoms. The average molecular weight is 297 g/mol. The fourth-order valence-corrected chi connectivity index (χ4v) is 4.02. The third-order valence-electron chi connectivity index (χ3n) is 5.11. The quantitative estimate of drug-likeness (QED) is 0.714. The van der Waals surface area contributed by atoms with E-state index in [4.69, 9.17) is 0 Å². The Kier molecular flexibility index (Phi) is 8.26. The van der Waals surface area contributed by atoms with Crippen molar-refractivity contribution >= 4 is 0 Å². The van der Waals surface area contributed by atoms with Gasteiger partial charge in [0.25, 0.3) is 0 Å². The minimum atomic E-state index is 0.658. The highest BCUT2D eigenvalue weighted by Crippen LogP contribution is 2.34. The third kappa shape index (κ3) is 6.28. The summed E-state index contributed by atoms with van der Waals surface area (Å²) in [5.41, 5.74) is 0. The Balaban J connectivity index is 2.72. The molecule has 0 aliphatic heterocycles. The van der Waals surface area contributed by atoms with Gasteiger partial charge in [0.2, 0.25) is 0 Å². The molecule has 1 aliphatic carbocycles. The highest BCUT2D eigenvalue weighted by atomic mass is 15.2. The second-order valence-electron chi connectivity index (χ2n) is 8.22. The minimum Gasteiger partial charge on any atom is -0.314 e. The van der Waals surface area contributed by atoms with Crippen LogP contribution in [0.25, 0.3) is 0 Å². The highest BCUT2D eigenvalue weighted by Gasteiger charge is 2.35. The number of rotatable bonds is 8. The Morgan fingerprint density at radius 1 is 1.10 bits per heavy atom. The van der Waals surface area contributed by atoms with E-state index in [0.717, 1.165) is 29.7 Å². The Hall–Kier alpha value is -0.0800. The summed E-state index contributed by atoms with van der Waals surface area (Å²) in [6.07, 6.45) is 4.01. The number of nitrogens with one attached hydrogen (secondary N) is 1. The fourth-order valence-electron chi connectivity index (χ4n) is 4.02. The van der Waals surface area contributed by atoms with E-state index in [1.54, 1.807) is 0 Å². The van der Waals surface area contributed by atoms with Crippen molar-refractivity contribution in [3.05, 3.63) is 0 Å². The molecular weight excluding hydrogens is 256 g/mol. The molecule has 0 radical (unpaired) electrons. The van der Waals surface area contributed by atoms with Crippen LogP contribution < -0.4 is 5.32 Å². The first-order valence-corrected chi connectivity index (χ1v) is 9.32. The summed E-state index contributed by atoms with van der Waals surface area (Å²) in [6.45, 7) is 20.3. The van der Waals surface area contributed by atoms with Crippen LogP contribution in [0.3, 0.4) is 0 Å². The largest absolute Gasteiger partial charge is 0.314 e. The van der Waals surface area contributed by atoms with Crippen molar-refractivity contribution in [2.24, 2.45) is 23.7 Å². The molecule has 126 valence electrons. The molecule has 1 N–H and O–H groups in total. The van der Waals surface area contributed by atoms with Crippen molar-refractivity contribution in [1.82, 2.24) is 10.2 Å². The number of hydrogen-bond acceptors (Lipinski definition) is 2. The molecule has 0 aromatic heterocycles. The standard InChI is InChI=1S/C19H40N2/c1-8-9-20-19-11-16(6)10-17(7)18(19)13-21(15(4)5)12-14(2)3/h14-20H,8-13H2,1-7H3. The SMILES string of the molecule is CCCNC1CC(C)CC(C)C1CN(CC(C)C)C(C)C. The summed E-state index contributed by atoms with van der Waals surface area (Å²) >= 11 is 0. The summed E-state index contributed by atoms with van der Waals surface area (Å²) in [5.74, 6) is 3.29. The molecule has 0 heterocycles. The molecular formula is C19H40N2. The number of hydrogen-bond donors (Lipinski definition) is 1. The van der Waals surface area contributed by atoms with Crippen LogP contribution in [-0.4, -0.2) is 36.6 Å². The molecule has 4 unspecified atom stereocenters. The third-order valence-corrected chi connectivity index (χ3v) is 5.11. The van der Waals surface area contributed by atoms with Crippen molar-refractivity contribution in [3.8, 4) is 0 Å². The summed E-state index contributed by atoms with van der Waals surface area (Å²) in [7, 11) is 0. The first-order chi connectivity index (χ1) is 9.85. The van der Waals surface area contributed by atoms with E-state index in [-0.39, 0.29) is 0 Å². The maximum Gasteiger partial charge on any atom is 0.0113 e. The molecule has 0 saturated heterocycles. The molecule has 0 aromatic rings. The summed E-state index contributed by atoms with van der Waals surface area (Å²) < 4.78 is 0. The van der Waals surface area contributed by atoms with Crippen molar-refractivity contribution in [3.63, 3.8) is 0 Å². The molecule has 1 saturated carbocycles. The molecule has 1 fully saturated rings. The lowest BCUT2D eigenvalue weighted by molar-refractivity contribution is 0.0805. The predicted molar refractivity (Wildman–Crippen MR) is 94.7 cm³/mol. The molecule has 4 atom stereocenters. The zero-order valence-electron chi connectivity index (χ0n) is 15.7. The van der Waals surface area contributed by atoms with Gasteiger partial charge < -0.3 is 10.2 Å². The monoisotopic (exact) mass is 296 g/mol. The molecule has 21 heavy (non-hydrogen) atoms. The molecule has 1 rings (SSSR count). The molecule has 0 aromatic carbocycles. The first-order valence-electron chi connectivity index (χ1n) is 9.32. The van der Waals surface area contributed by atoms with Crippen molar-refractivity contribution in [2.45, 2.75) is 79.8 Å². The lowest BCUT2D eigenvalue weighted by atomic mass is 9.72. The van der Waals surface area contributed by atoms with E-state index >= 15 is 0 Å². The van der Waals surface area contributed by atoms with Gasteiger partial charge in [-0.05, 0) is 63.3 Å².